The van der Waals surface area contributed by atoms with Crippen LogP contribution in [0.25, 0.3) is 0 Å². The first kappa shape index (κ1) is 26.6. The van der Waals surface area contributed by atoms with Gasteiger partial charge in [-0.25, -0.2) is 9.18 Å². The van der Waals surface area contributed by atoms with Crippen LogP contribution in [0.4, 0.5) is 30.7 Å². The molecular formula is C24H20F7N3O3. The van der Waals surface area contributed by atoms with Crippen LogP contribution in [0.5, 0.6) is 0 Å². The Kier molecular flexibility index (Phi) is 7.01. The quantitative estimate of drug-likeness (QED) is 0.311. The van der Waals surface area contributed by atoms with Gasteiger partial charge in [-0.05, 0) is 48.4 Å². The molecule has 0 radical (unpaired) electrons. The van der Waals surface area contributed by atoms with E-state index in [1.54, 1.807) is 0 Å². The standard InChI is InChI=1S/C24H20F7N3O3/c1-12(14-7-15(23(26,27)28)9-16(8-14)24(29,30)31)37-19-10-20-32-33-21(22(35)36-2)34(20)11-18(19)13-3-5-17(25)6-4-13/h3-9,12,18-19H,10-11H2,1-2H3/t12-,18-,19+/m1/s1. The second kappa shape index (κ2) is 9.77. The highest BCUT2D eigenvalue weighted by molar-refractivity contribution is 5.85. The lowest BCUT2D eigenvalue weighted by molar-refractivity contribution is -0.143. The molecule has 2 heterocycles. The molecule has 3 aromatic rings. The maximum absolute atomic E-state index is 13.6. The summed E-state index contributed by atoms with van der Waals surface area (Å²) < 4.78 is 106. The predicted molar refractivity (Wildman–Crippen MR) is 114 cm³/mol. The second-order valence-electron chi connectivity index (χ2n) is 8.56. The number of nitrogens with zero attached hydrogens (tertiary/aromatic N) is 3. The van der Waals surface area contributed by atoms with Crippen LogP contribution >= 0.6 is 0 Å². The number of hydrogen-bond acceptors (Lipinski definition) is 5. The van der Waals surface area contributed by atoms with Crippen molar-refractivity contribution in [3.63, 3.8) is 0 Å². The van der Waals surface area contributed by atoms with E-state index >= 15 is 0 Å². The smallest absolute Gasteiger partial charge is 0.416 e. The first-order chi connectivity index (χ1) is 17.3. The van der Waals surface area contributed by atoms with E-state index in [0.717, 1.165) is 0 Å². The van der Waals surface area contributed by atoms with Gasteiger partial charge in [0.05, 0.1) is 30.4 Å². The summed E-state index contributed by atoms with van der Waals surface area (Å²) in [5, 5.41) is 7.80. The van der Waals surface area contributed by atoms with E-state index in [1.165, 1.54) is 42.9 Å². The predicted octanol–water partition coefficient (Wildman–Crippen LogP) is 5.73. The molecule has 198 valence electrons. The molecule has 0 saturated heterocycles. The van der Waals surface area contributed by atoms with Crippen LogP contribution in [0, 0.1) is 5.82 Å². The summed E-state index contributed by atoms with van der Waals surface area (Å²) in [6.45, 7) is 1.42. The molecule has 2 aromatic carbocycles. The molecule has 1 aromatic heterocycles. The third kappa shape index (κ3) is 5.60. The highest BCUT2D eigenvalue weighted by Gasteiger charge is 2.39. The molecule has 0 spiro atoms. The lowest BCUT2D eigenvalue weighted by atomic mass is 9.88. The van der Waals surface area contributed by atoms with E-state index in [-0.39, 0.29) is 30.4 Å². The number of alkyl halides is 6. The molecule has 1 aliphatic heterocycles. The van der Waals surface area contributed by atoms with Gasteiger partial charge in [0.25, 0.3) is 0 Å². The minimum absolute atomic E-state index is 0.0292. The van der Waals surface area contributed by atoms with Gasteiger partial charge in [-0.1, -0.05) is 12.1 Å². The highest BCUT2D eigenvalue weighted by Crippen LogP contribution is 2.40. The number of hydrogen-bond donors (Lipinski definition) is 0. The van der Waals surface area contributed by atoms with Crippen molar-refractivity contribution in [1.82, 2.24) is 14.8 Å². The summed E-state index contributed by atoms with van der Waals surface area (Å²) >= 11 is 0. The fourth-order valence-electron chi connectivity index (χ4n) is 4.28. The minimum Gasteiger partial charge on any atom is -0.463 e. The molecule has 0 unspecified atom stereocenters. The van der Waals surface area contributed by atoms with Gasteiger partial charge in [-0.2, -0.15) is 26.3 Å². The number of aromatic nitrogens is 3. The zero-order valence-electron chi connectivity index (χ0n) is 19.4. The fourth-order valence-corrected chi connectivity index (χ4v) is 4.28. The van der Waals surface area contributed by atoms with E-state index in [0.29, 0.717) is 23.5 Å². The number of fused-ring (bicyclic) bond motifs is 1. The maximum Gasteiger partial charge on any atom is 0.416 e. The van der Waals surface area contributed by atoms with Crippen molar-refractivity contribution in [3.05, 3.63) is 82.2 Å². The van der Waals surface area contributed by atoms with Crippen LogP contribution in [0.3, 0.4) is 0 Å². The monoisotopic (exact) mass is 531 g/mol. The number of halogens is 7. The third-order valence-corrected chi connectivity index (χ3v) is 6.16. The van der Waals surface area contributed by atoms with Crippen molar-refractivity contribution in [1.29, 1.82) is 0 Å². The van der Waals surface area contributed by atoms with Crippen LogP contribution in [-0.2, 0) is 34.8 Å². The molecule has 0 fully saturated rings. The summed E-state index contributed by atoms with van der Waals surface area (Å²) in [6, 6.07) is 6.68. The number of esters is 1. The van der Waals surface area contributed by atoms with Gasteiger partial charge in [-0.3, -0.25) is 0 Å². The average molecular weight is 531 g/mol. The summed E-state index contributed by atoms with van der Waals surface area (Å²) in [7, 11) is 1.17. The lowest BCUT2D eigenvalue weighted by Gasteiger charge is -2.34. The van der Waals surface area contributed by atoms with Crippen LogP contribution in [-0.4, -0.2) is 33.9 Å². The third-order valence-electron chi connectivity index (χ3n) is 6.16. The Hall–Kier alpha value is -3.48. The van der Waals surface area contributed by atoms with E-state index in [9.17, 15) is 35.5 Å². The molecule has 0 bridgehead atoms. The number of methoxy groups -OCH3 is 1. The highest BCUT2D eigenvalue weighted by atomic mass is 19.4. The topological polar surface area (TPSA) is 66.2 Å². The van der Waals surface area contributed by atoms with Gasteiger partial charge in [0.2, 0.25) is 5.82 Å². The van der Waals surface area contributed by atoms with E-state index in [2.05, 4.69) is 10.2 Å². The molecule has 0 aliphatic carbocycles. The normalized spacial score (nSPS) is 18.8. The Bertz CT molecular complexity index is 1250. The molecule has 0 N–H and O–H groups in total. The van der Waals surface area contributed by atoms with Gasteiger partial charge >= 0.3 is 18.3 Å². The zero-order valence-corrected chi connectivity index (χ0v) is 19.4. The van der Waals surface area contributed by atoms with Crippen LogP contribution in [0.1, 0.15) is 57.6 Å². The molecule has 0 saturated carbocycles. The molecule has 13 heteroatoms. The molecule has 4 rings (SSSR count). The Balaban J connectivity index is 1.71. The van der Waals surface area contributed by atoms with Gasteiger partial charge in [0.1, 0.15) is 11.6 Å². The number of carbonyl (C=O) groups is 1. The van der Waals surface area contributed by atoms with Crippen molar-refractivity contribution in [2.75, 3.05) is 7.11 Å². The number of benzene rings is 2. The molecule has 6 nitrogen and oxygen atoms in total. The molecular weight excluding hydrogens is 511 g/mol. The summed E-state index contributed by atoms with van der Waals surface area (Å²) in [4.78, 5) is 12.1. The van der Waals surface area contributed by atoms with Crippen molar-refractivity contribution in [2.24, 2.45) is 0 Å². The van der Waals surface area contributed by atoms with Crippen LogP contribution < -0.4 is 0 Å². The zero-order chi connectivity index (χ0) is 27.1. The summed E-state index contributed by atoms with van der Waals surface area (Å²) in [5.74, 6) is -1.58. The summed E-state index contributed by atoms with van der Waals surface area (Å²) in [6.07, 6.45) is -12.0. The molecule has 0 amide bonds. The lowest BCUT2D eigenvalue weighted by Crippen LogP contribution is -2.36. The van der Waals surface area contributed by atoms with E-state index in [1.807, 2.05) is 0 Å². The van der Waals surface area contributed by atoms with Gasteiger partial charge in [-0.15, -0.1) is 10.2 Å². The maximum atomic E-state index is 13.6. The first-order valence-electron chi connectivity index (χ1n) is 11.0. The Morgan fingerprint density at radius 3 is 2.14 bits per heavy atom. The first-order valence-corrected chi connectivity index (χ1v) is 11.0. The van der Waals surface area contributed by atoms with Crippen molar-refractivity contribution >= 4 is 5.97 Å². The molecule has 37 heavy (non-hydrogen) atoms. The SMILES string of the molecule is COC(=O)c1nnc2n1C[C@H](c1ccc(F)cc1)[C@@H](O[C@H](C)c1cc(C(F)(F)F)cc(C(F)(F)F)c1)C2. The largest absolute Gasteiger partial charge is 0.463 e. The fraction of sp³-hybridized carbons (Fsp3) is 0.375. The van der Waals surface area contributed by atoms with E-state index in [4.69, 9.17) is 9.47 Å². The minimum atomic E-state index is -5.00. The van der Waals surface area contributed by atoms with Gasteiger partial charge in [0.15, 0.2) is 0 Å². The van der Waals surface area contributed by atoms with Crippen molar-refractivity contribution < 1.29 is 45.0 Å². The molecule has 3 atom stereocenters. The van der Waals surface area contributed by atoms with E-state index < -0.39 is 53.4 Å². The Labute approximate surface area is 206 Å². The van der Waals surface area contributed by atoms with Crippen molar-refractivity contribution in [2.45, 2.75) is 50.4 Å². The van der Waals surface area contributed by atoms with Gasteiger partial charge < -0.3 is 14.0 Å². The second-order valence-corrected chi connectivity index (χ2v) is 8.56. The summed E-state index contributed by atoms with van der Waals surface area (Å²) in [5.41, 5.74) is -2.64. The molecule has 1 aliphatic rings. The van der Waals surface area contributed by atoms with Crippen LogP contribution in [0.2, 0.25) is 0 Å². The number of rotatable bonds is 5. The van der Waals surface area contributed by atoms with Gasteiger partial charge in [0, 0.05) is 18.9 Å². The van der Waals surface area contributed by atoms with Crippen molar-refractivity contribution in [3.8, 4) is 0 Å². The number of carbonyl (C=O) groups excluding carboxylic acids is 1. The Morgan fingerprint density at radius 2 is 1.59 bits per heavy atom. The average Bonchev–Trinajstić information content (AvgIpc) is 3.25. The van der Waals surface area contributed by atoms with Crippen LogP contribution in [0.15, 0.2) is 42.5 Å². The Morgan fingerprint density at radius 1 is 1.00 bits per heavy atom. The number of ether oxygens (including phenoxy) is 2.